The zero-order valence-electron chi connectivity index (χ0n) is 19.2. The van der Waals surface area contributed by atoms with Gasteiger partial charge in [-0.2, -0.15) is 0 Å². The van der Waals surface area contributed by atoms with Gasteiger partial charge in [-0.25, -0.2) is 0 Å². The number of carbonyl (C=O) groups is 2. The first-order valence-corrected chi connectivity index (χ1v) is 10.2. The van der Waals surface area contributed by atoms with E-state index >= 15 is 0 Å². The summed E-state index contributed by atoms with van der Waals surface area (Å²) in [7, 11) is 6.04. The zero-order chi connectivity index (χ0) is 24.5. The minimum absolute atomic E-state index is 0.323. The third-order valence-corrected chi connectivity index (χ3v) is 4.76. The normalized spacial score (nSPS) is 10.5. The van der Waals surface area contributed by atoms with E-state index in [-0.39, 0.29) is 11.8 Å². The Balaban J connectivity index is 1.71. The van der Waals surface area contributed by atoms with E-state index < -0.39 is 0 Å². The van der Waals surface area contributed by atoms with Crippen molar-refractivity contribution in [3.8, 4) is 23.0 Å². The number of benzene rings is 2. The molecule has 3 aromatic rings. The first kappa shape index (κ1) is 24.1. The van der Waals surface area contributed by atoms with Gasteiger partial charge in [0.1, 0.15) is 5.75 Å². The second-order valence-electron chi connectivity index (χ2n) is 6.89. The molecule has 2 aromatic carbocycles. The molecule has 1 aromatic heterocycles. The molecule has 0 saturated heterocycles. The molecule has 0 saturated carbocycles. The molecule has 0 atom stereocenters. The van der Waals surface area contributed by atoms with Gasteiger partial charge in [0.2, 0.25) is 11.7 Å². The molecule has 0 aliphatic heterocycles. The lowest BCUT2D eigenvalue weighted by Gasteiger charge is -2.13. The maximum Gasteiger partial charge on any atom is 0.257 e. The predicted molar refractivity (Wildman–Crippen MR) is 129 cm³/mol. The number of aromatic nitrogens is 1. The Kier molecular flexibility index (Phi) is 8.07. The van der Waals surface area contributed by atoms with Crippen LogP contribution in [0.4, 0.5) is 11.4 Å². The number of hydrogen-bond acceptors (Lipinski definition) is 7. The van der Waals surface area contributed by atoms with Crippen LogP contribution in [0.25, 0.3) is 6.08 Å². The van der Waals surface area contributed by atoms with Gasteiger partial charge in [-0.3, -0.25) is 14.6 Å². The molecule has 0 unspecified atom stereocenters. The topological polar surface area (TPSA) is 108 Å². The van der Waals surface area contributed by atoms with Crippen LogP contribution in [0.5, 0.6) is 23.0 Å². The highest BCUT2D eigenvalue weighted by molar-refractivity contribution is 6.05. The number of carbonyl (C=O) groups excluding carboxylic acids is 2. The molecule has 0 radical (unpaired) electrons. The molecule has 9 heteroatoms. The second kappa shape index (κ2) is 11.4. The van der Waals surface area contributed by atoms with Gasteiger partial charge < -0.3 is 29.6 Å². The van der Waals surface area contributed by atoms with E-state index in [9.17, 15) is 9.59 Å². The Labute approximate surface area is 197 Å². The quantitative estimate of drug-likeness (QED) is 0.462. The fourth-order valence-corrected chi connectivity index (χ4v) is 3.12. The van der Waals surface area contributed by atoms with Gasteiger partial charge in [0, 0.05) is 30.2 Å². The molecular formula is C25H25N3O6. The maximum absolute atomic E-state index is 12.5. The lowest BCUT2D eigenvalue weighted by Crippen LogP contribution is -2.13. The van der Waals surface area contributed by atoms with Crippen molar-refractivity contribution in [3.63, 3.8) is 0 Å². The summed E-state index contributed by atoms with van der Waals surface area (Å²) in [5.41, 5.74) is 2.06. The minimum atomic E-state index is -0.358. The largest absolute Gasteiger partial charge is 0.494 e. The number of nitrogens with one attached hydrogen (secondary N) is 2. The number of ether oxygens (including phenoxy) is 4. The summed E-state index contributed by atoms with van der Waals surface area (Å²) >= 11 is 0. The van der Waals surface area contributed by atoms with Gasteiger partial charge in [-0.05, 0) is 48.0 Å². The number of methoxy groups -OCH3 is 4. The summed E-state index contributed by atoms with van der Waals surface area (Å²) < 4.78 is 21.3. The van der Waals surface area contributed by atoms with Crippen molar-refractivity contribution in [2.24, 2.45) is 0 Å². The van der Waals surface area contributed by atoms with Crippen LogP contribution >= 0.6 is 0 Å². The summed E-state index contributed by atoms with van der Waals surface area (Å²) in [4.78, 5) is 28.8. The van der Waals surface area contributed by atoms with Gasteiger partial charge in [0.05, 0.1) is 39.7 Å². The Morgan fingerprint density at radius 1 is 0.853 bits per heavy atom. The number of nitrogens with zero attached hydrogens (tertiary/aromatic N) is 1. The smallest absolute Gasteiger partial charge is 0.257 e. The Bertz CT molecular complexity index is 1170. The third-order valence-electron chi connectivity index (χ3n) is 4.76. The Morgan fingerprint density at radius 2 is 1.56 bits per heavy atom. The first-order valence-electron chi connectivity index (χ1n) is 10.2. The SMILES string of the molecule is COc1cc(NC(=O)/C=C/c2cc(OC)c(OC)c(OC)c2)ccc1NC(=O)c1cccnc1. The number of pyridine rings is 1. The van der Waals surface area contributed by atoms with Crippen molar-refractivity contribution in [2.45, 2.75) is 0 Å². The first-order chi connectivity index (χ1) is 16.5. The molecule has 9 nitrogen and oxygen atoms in total. The zero-order valence-corrected chi connectivity index (χ0v) is 19.2. The van der Waals surface area contributed by atoms with E-state index in [0.717, 1.165) is 0 Å². The van der Waals surface area contributed by atoms with Crippen LogP contribution in [0.15, 0.2) is 60.9 Å². The van der Waals surface area contributed by atoms with E-state index in [0.29, 0.717) is 45.5 Å². The van der Waals surface area contributed by atoms with Crippen LogP contribution in [0.2, 0.25) is 0 Å². The lowest BCUT2D eigenvalue weighted by atomic mass is 10.1. The molecule has 0 spiro atoms. The van der Waals surface area contributed by atoms with E-state index in [1.165, 1.54) is 40.7 Å². The van der Waals surface area contributed by atoms with Crippen LogP contribution in [-0.4, -0.2) is 45.2 Å². The number of anilines is 2. The summed E-state index contributed by atoms with van der Waals surface area (Å²) in [6.07, 6.45) is 6.06. The summed E-state index contributed by atoms with van der Waals surface area (Å²) in [6, 6.07) is 11.7. The van der Waals surface area contributed by atoms with Crippen LogP contribution in [-0.2, 0) is 4.79 Å². The van der Waals surface area contributed by atoms with Crippen molar-refractivity contribution in [2.75, 3.05) is 39.1 Å². The number of rotatable bonds is 9. The van der Waals surface area contributed by atoms with Crippen molar-refractivity contribution in [3.05, 3.63) is 72.1 Å². The van der Waals surface area contributed by atoms with Crippen molar-refractivity contribution < 1.29 is 28.5 Å². The van der Waals surface area contributed by atoms with Crippen LogP contribution in [0.1, 0.15) is 15.9 Å². The average molecular weight is 463 g/mol. The molecule has 0 aliphatic rings. The fraction of sp³-hybridized carbons (Fsp3) is 0.160. The highest BCUT2D eigenvalue weighted by Crippen LogP contribution is 2.38. The lowest BCUT2D eigenvalue weighted by molar-refractivity contribution is -0.111. The molecule has 0 bridgehead atoms. The molecule has 2 amide bonds. The molecule has 2 N–H and O–H groups in total. The summed E-state index contributed by atoms with van der Waals surface area (Å²) in [6.45, 7) is 0. The maximum atomic E-state index is 12.5. The van der Waals surface area contributed by atoms with Crippen molar-refractivity contribution >= 4 is 29.3 Å². The monoisotopic (exact) mass is 463 g/mol. The standard InChI is InChI=1S/C25H25N3O6/c1-31-20-14-18(8-9-19(20)28-25(30)17-6-5-11-26-15-17)27-23(29)10-7-16-12-21(32-2)24(34-4)22(13-16)33-3/h5-15H,1-4H3,(H,27,29)(H,28,30)/b10-7+. The predicted octanol–water partition coefficient (Wildman–Crippen LogP) is 4.02. The molecular weight excluding hydrogens is 438 g/mol. The molecule has 34 heavy (non-hydrogen) atoms. The molecule has 0 fully saturated rings. The molecule has 3 rings (SSSR count). The molecule has 1 heterocycles. The van der Waals surface area contributed by atoms with Crippen LogP contribution in [0, 0.1) is 0 Å². The second-order valence-corrected chi connectivity index (χ2v) is 6.89. The van der Waals surface area contributed by atoms with Crippen molar-refractivity contribution in [1.29, 1.82) is 0 Å². The number of hydrogen-bond donors (Lipinski definition) is 2. The third kappa shape index (κ3) is 5.83. The molecule has 176 valence electrons. The van der Waals surface area contributed by atoms with E-state index in [4.69, 9.17) is 18.9 Å². The highest BCUT2D eigenvalue weighted by atomic mass is 16.5. The van der Waals surface area contributed by atoms with Crippen LogP contribution in [0.3, 0.4) is 0 Å². The van der Waals surface area contributed by atoms with Gasteiger partial charge in [0.15, 0.2) is 11.5 Å². The van der Waals surface area contributed by atoms with E-state index in [1.54, 1.807) is 54.7 Å². The summed E-state index contributed by atoms with van der Waals surface area (Å²) in [5, 5.41) is 5.53. The minimum Gasteiger partial charge on any atom is -0.494 e. The summed E-state index contributed by atoms with van der Waals surface area (Å²) in [5.74, 6) is 1.14. The Hall–Kier alpha value is -4.53. The van der Waals surface area contributed by atoms with E-state index in [1.807, 2.05) is 0 Å². The average Bonchev–Trinajstić information content (AvgIpc) is 2.87. The van der Waals surface area contributed by atoms with Gasteiger partial charge in [-0.1, -0.05) is 0 Å². The van der Waals surface area contributed by atoms with Crippen LogP contribution < -0.4 is 29.6 Å². The van der Waals surface area contributed by atoms with Crippen molar-refractivity contribution in [1.82, 2.24) is 4.98 Å². The van der Waals surface area contributed by atoms with E-state index in [2.05, 4.69) is 15.6 Å². The molecule has 0 aliphatic carbocycles. The van der Waals surface area contributed by atoms with Gasteiger partial charge in [0.25, 0.3) is 5.91 Å². The highest BCUT2D eigenvalue weighted by Gasteiger charge is 2.13. The van der Waals surface area contributed by atoms with Gasteiger partial charge >= 0.3 is 0 Å². The Morgan fingerprint density at radius 3 is 2.15 bits per heavy atom. The number of amides is 2. The van der Waals surface area contributed by atoms with Gasteiger partial charge in [-0.15, -0.1) is 0 Å². The fourth-order valence-electron chi connectivity index (χ4n) is 3.12.